The summed E-state index contributed by atoms with van der Waals surface area (Å²) in [6.07, 6.45) is -1.58. The van der Waals surface area contributed by atoms with Crippen molar-refractivity contribution in [3.05, 3.63) is 0 Å². The number of carbonyl (C=O) groups is 1. The molecule has 1 amide bonds. The molecule has 0 aliphatic rings. The van der Waals surface area contributed by atoms with Crippen molar-refractivity contribution >= 4 is 6.09 Å². The van der Waals surface area contributed by atoms with Gasteiger partial charge in [0.2, 0.25) is 0 Å². The molecule has 0 saturated heterocycles. The third-order valence-electron chi connectivity index (χ3n) is 0. The molecule has 0 saturated carbocycles. The second-order valence-corrected chi connectivity index (χ2v) is 0.319. The maximum absolute atomic E-state index is 8.67. The molecule has 0 aromatic heterocycles. The Morgan fingerprint density at radius 2 is 1.80 bits per heavy atom. The summed E-state index contributed by atoms with van der Waals surface area (Å²) in [7, 11) is 0. The topological polar surface area (TPSA) is 66.2 Å². The van der Waals surface area contributed by atoms with E-state index in [-0.39, 0.29) is 17.1 Å². The van der Waals surface area contributed by atoms with E-state index in [1.165, 1.54) is 0 Å². The Morgan fingerprint density at radius 1 is 1.80 bits per heavy atom. The number of primary amides is 1. The minimum absolute atomic E-state index is 0. The van der Waals surface area contributed by atoms with Crippen LogP contribution in [0.5, 0.6) is 0 Å². The first kappa shape index (κ1) is 8.84. The Labute approximate surface area is 39.6 Å². The molecule has 0 aromatic carbocycles. The molecule has 0 rings (SSSR count). The molecule has 0 aromatic rings. The third-order valence-corrected chi connectivity index (χ3v) is 0. The Kier molecular flexibility index (Phi) is 6.70. The van der Waals surface area contributed by atoms with Gasteiger partial charge >= 0.3 is 0 Å². The van der Waals surface area contributed by atoms with Crippen molar-refractivity contribution in [1.29, 1.82) is 0 Å². The SMILES string of the molecule is NC(=O)[O-].[Fe]. The molecular formula is CH2FeNO2-. The van der Waals surface area contributed by atoms with Crippen molar-refractivity contribution in [2.75, 3.05) is 0 Å². The van der Waals surface area contributed by atoms with Gasteiger partial charge < -0.3 is 15.6 Å². The second kappa shape index (κ2) is 3.79. The van der Waals surface area contributed by atoms with Crippen LogP contribution < -0.4 is 10.8 Å². The molecule has 3 nitrogen and oxygen atoms in total. The van der Waals surface area contributed by atoms with E-state index in [4.69, 9.17) is 9.90 Å². The van der Waals surface area contributed by atoms with Gasteiger partial charge in [-0.05, 0) is 0 Å². The largest absolute Gasteiger partial charge is 0.530 e. The molecular weight excluding hydrogens is 114 g/mol. The van der Waals surface area contributed by atoms with Crippen LogP contribution in [0.3, 0.4) is 0 Å². The third kappa shape index (κ3) is 274. The van der Waals surface area contributed by atoms with E-state index in [1.807, 2.05) is 0 Å². The Hall–Kier alpha value is -0.211. The van der Waals surface area contributed by atoms with Gasteiger partial charge in [0.1, 0.15) is 6.09 Å². The second-order valence-electron chi connectivity index (χ2n) is 0.319. The van der Waals surface area contributed by atoms with Crippen LogP contribution in [0.4, 0.5) is 4.79 Å². The molecule has 0 aliphatic heterocycles. The number of hydrogen-bond acceptors (Lipinski definition) is 2. The van der Waals surface area contributed by atoms with E-state index in [2.05, 4.69) is 5.73 Å². The molecule has 2 N–H and O–H groups in total. The van der Waals surface area contributed by atoms with Crippen LogP contribution >= 0.6 is 0 Å². The smallest absolute Gasteiger partial charge is 0.131 e. The van der Waals surface area contributed by atoms with Crippen molar-refractivity contribution in [2.24, 2.45) is 5.73 Å². The van der Waals surface area contributed by atoms with Crippen LogP contribution in [0.25, 0.3) is 0 Å². The predicted molar refractivity (Wildman–Crippen MR) is 9.58 cm³/mol. The van der Waals surface area contributed by atoms with Crippen molar-refractivity contribution < 1.29 is 27.0 Å². The van der Waals surface area contributed by atoms with Crippen LogP contribution in [0.2, 0.25) is 0 Å². The van der Waals surface area contributed by atoms with Crippen molar-refractivity contribution in [3.63, 3.8) is 0 Å². The van der Waals surface area contributed by atoms with E-state index in [0.717, 1.165) is 0 Å². The molecule has 0 heterocycles. The molecule has 0 atom stereocenters. The average Bonchev–Trinajstić information content (AvgIpc) is 0.811. The molecule has 4 heteroatoms. The summed E-state index contributed by atoms with van der Waals surface area (Å²) in [6.45, 7) is 0. The first-order valence-corrected chi connectivity index (χ1v) is 0.697. The number of amides is 1. The Bertz CT molecular complexity index is 32.6. The maximum atomic E-state index is 8.67. The molecule has 0 bridgehead atoms. The molecule has 0 radical (unpaired) electrons. The van der Waals surface area contributed by atoms with Gasteiger partial charge in [0.05, 0.1) is 0 Å². The fourth-order valence-corrected chi connectivity index (χ4v) is 0. The van der Waals surface area contributed by atoms with E-state index in [1.54, 1.807) is 0 Å². The zero-order valence-corrected chi connectivity index (χ0v) is 3.35. The quantitative estimate of drug-likeness (QED) is 0.382. The van der Waals surface area contributed by atoms with Gasteiger partial charge in [-0.2, -0.15) is 0 Å². The van der Waals surface area contributed by atoms with Gasteiger partial charge in [-0.15, -0.1) is 0 Å². The molecule has 32 valence electrons. The van der Waals surface area contributed by atoms with E-state index in [0.29, 0.717) is 0 Å². The minimum Gasteiger partial charge on any atom is -0.530 e. The monoisotopic (exact) mass is 116 g/mol. The Balaban J connectivity index is 0. The van der Waals surface area contributed by atoms with Crippen molar-refractivity contribution in [3.8, 4) is 0 Å². The number of carboxylic acid groups (broad SMARTS) is 1. The molecule has 0 spiro atoms. The van der Waals surface area contributed by atoms with Gasteiger partial charge in [0.25, 0.3) is 0 Å². The van der Waals surface area contributed by atoms with Gasteiger partial charge in [-0.1, -0.05) is 0 Å². The van der Waals surface area contributed by atoms with Crippen LogP contribution in [0.1, 0.15) is 0 Å². The summed E-state index contributed by atoms with van der Waals surface area (Å²) in [5.41, 5.74) is 3.92. The first-order valence-electron chi connectivity index (χ1n) is 0.697. The van der Waals surface area contributed by atoms with Gasteiger partial charge in [0.15, 0.2) is 0 Å². The van der Waals surface area contributed by atoms with Gasteiger partial charge in [-0.3, -0.25) is 0 Å². The normalized spacial score (nSPS) is 4.80. The van der Waals surface area contributed by atoms with Crippen LogP contribution in [0.15, 0.2) is 0 Å². The number of hydrogen-bond donors (Lipinski definition) is 1. The van der Waals surface area contributed by atoms with E-state index in [9.17, 15) is 0 Å². The van der Waals surface area contributed by atoms with Crippen molar-refractivity contribution in [1.82, 2.24) is 0 Å². The summed E-state index contributed by atoms with van der Waals surface area (Å²) in [6, 6.07) is 0. The van der Waals surface area contributed by atoms with Gasteiger partial charge in [0, 0.05) is 17.1 Å². The van der Waals surface area contributed by atoms with E-state index < -0.39 is 6.09 Å². The van der Waals surface area contributed by atoms with Crippen LogP contribution in [-0.2, 0) is 17.1 Å². The minimum atomic E-state index is -1.58. The van der Waals surface area contributed by atoms with Crippen LogP contribution in [0, 0.1) is 0 Å². The Morgan fingerprint density at radius 3 is 1.80 bits per heavy atom. The number of rotatable bonds is 0. The summed E-state index contributed by atoms with van der Waals surface area (Å²) < 4.78 is 0. The summed E-state index contributed by atoms with van der Waals surface area (Å²) >= 11 is 0. The maximum Gasteiger partial charge on any atom is 0.131 e. The molecule has 0 aliphatic carbocycles. The first-order chi connectivity index (χ1) is 1.73. The molecule has 0 fully saturated rings. The summed E-state index contributed by atoms with van der Waals surface area (Å²) in [4.78, 5) is 8.67. The van der Waals surface area contributed by atoms with E-state index >= 15 is 0 Å². The fourth-order valence-electron chi connectivity index (χ4n) is 0. The standard InChI is InChI=1S/CH3NO2.Fe/c2-1(3)4;/h2H2,(H,3,4);/p-1. The average molecular weight is 116 g/mol. The number of carbonyl (C=O) groups excluding carboxylic acids is 1. The zero-order valence-electron chi connectivity index (χ0n) is 2.25. The van der Waals surface area contributed by atoms with Crippen molar-refractivity contribution in [2.45, 2.75) is 0 Å². The molecule has 5 heavy (non-hydrogen) atoms. The van der Waals surface area contributed by atoms with Crippen LogP contribution in [-0.4, -0.2) is 6.09 Å². The molecule has 0 unspecified atom stereocenters. The predicted octanol–water partition coefficient (Wildman–Crippen LogP) is -1.71. The van der Waals surface area contributed by atoms with Gasteiger partial charge in [-0.25, -0.2) is 0 Å². The zero-order chi connectivity index (χ0) is 3.58. The number of nitrogens with two attached hydrogens (primary N) is 1. The summed E-state index contributed by atoms with van der Waals surface area (Å²) in [5.74, 6) is 0. The summed E-state index contributed by atoms with van der Waals surface area (Å²) in [5, 5.41) is 8.67. The fraction of sp³-hybridized carbons (Fsp3) is 0.